The molecule has 0 aromatic rings. The average molecular weight is 341 g/mol. The van der Waals surface area contributed by atoms with Gasteiger partial charge in [-0.15, -0.1) is 0 Å². The third-order valence-corrected chi connectivity index (χ3v) is 5.40. The smallest absolute Gasteiger partial charge is 0.222 e. The number of nitrogens with zero attached hydrogens (tertiary/aromatic N) is 1. The Labute approximate surface area is 151 Å². The fraction of sp³-hybridized carbons (Fsp3) is 0.952. The van der Waals surface area contributed by atoms with Crippen LogP contribution in [0, 0.1) is 5.92 Å². The first-order valence-electron chi connectivity index (χ1n) is 10.7. The zero-order valence-electron chi connectivity index (χ0n) is 17.0. The van der Waals surface area contributed by atoms with Crippen molar-refractivity contribution in [1.82, 2.24) is 4.90 Å². The predicted molar refractivity (Wildman–Crippen MR) is 106 cm³/mol. The van der Waals surface area contributed by atoms with Gasteiger partial charge in [-0.25, -0.2) is 0 Å². The summed E-state index contributed by atoms with van der Waals surface area (Å²) in [5.41, 5.74) is 5.72. The Bertz CT molecular complexity index is 290. The van der Waals surface area contributed by atoms with Gasteiger partial charge in [-0.3, -0.25) is 4.79 Å². The second kappa shape index (κ2) is 15.9. The molecular formula is C21H44N2O. The third-order valence-electron chi connectivity index (χ3n) is 5.40. The van der Waals surface area contributed by atoms with Crippen molar-refractivity contribution in [3.8, 4) is 0 Å². The first kappa shape index (κ1) is 23.4. The van der Waals surface area contributed by atoms with Gasteiger partial charge in [0.05, 0.1) is 5.92 Å². The molecule has 2 N–H and O–H groups in total. The molecule has 2 unspecified atom stereocenters. The van der Waals surface area contributed by atoms with Gasteiger partial charge in [0.1, 0.15) is 0 Å². The summed E-state index contributed by atoms with van der Waals surface area (Å²) in [6.45, 7) is 10.8. The molecular weight excluding hydrogens is 296 g/mol. The van der Waals surface area contributed by atoms with E-state index in [1.807, 2.05) is 0 Å². The van der Waals surface area contributed by atoms with Crippen molar-refractivity contribution in [1.29, 1.82) is 0 Å². The zero-order chi connectivity index (χ0) is 18.2. The number of carbonyl (C=O) groups excluding carboxylic acids is 1. The molecule has 2 atom stereocenters. The number of hydrogen-bond donors (Lipinski definition) is 1. The van der Waals surface area contributed by atoms with Crippen LogP contribution in [0.15, 0.2) is 0 Å². The number of carbonyl (C=O) groups is 1. The Balaban J connectivity index is 3.95. The van der Waals surface area contributed by atoms with Crippen molar-refractivity contribution in [3.63, 3.8) is 0 Å². The SMILES string of the molecule is CCCCCCCCCCCCC(C(N)=O)C(CC)N(CC)CC. The maximum atomic E-state index is 11.9. The van der Waals surface area contributed by atoms with Crippen LogP contribution in [-0.2, 0) is 4.79 Å². The lowest BCUT2D eigenvalue weighted by Gasteiger charge is -2.34. The molecule has 0 rings (SSSR count). The molecule has 0 saturated heterocycles. The lowest BCUT2D eigenvalue weighted by molar-refractivity contribution is -0.124. The molecule has 3 nitrogen and oxygen atoms in total. The fourth-order valence-electron chi connectivity index (χ4n) is 3.87. The Morgan fingerprint density at radius 3 is 1.62 bits per heavy atom. The van der Waals surface area contributed by atoms with Crippen LogP contribution in [-0.4, -0.2) is 29.9 Å². The minimum Gasteiger partial charge on any atom is -0.369 e. The van der Waals surface area contributed by atoms with E-state index in [-0.39, 0.29) is 11.8 Å². The quantitative estimate of drug-likeness (QED) is 0.354. The Morgan fingerprint density at radius 1 is 0.792 bits per heavy atom. The molecule has 0 aliphatic carbocycles. The fourth-order valence-corrected chi connectivity index (χ4v) is 3.87. The van der Waals surface area contributed by atoms with Crippen molar-refractivity contribution in [2.75, 3.05) is 13.1 Å². The van der Waals surface area contributed by atoms with Gasteiger partial charge in [0.15, 0.2) is 0 Å². The highest BCUT2D eigenvalue weighted by atomic mass is 16.1. The van der Waals surface area contributed by atoms with Gasteiger partial charge in [-0.2, -0.15) is 0 Å². The molecule has 0 aliphatic heterocycles. The molecule has 144 valence electrons. The number of hydrogen-bond acceptors (Lipinski definition) is 2. The molecule has 1 amide bonds. The summed E-state index contributed by atoms with van der Waals surface area (Å²) in [4.78, 5) is 14.3. The second-order valence-electron chi connectivity index (χ2n) is 7.18. The van der Waals surface area contributed by atoms with Crippen molar-refractivity contribution < 1.29 is 4.79 Å². The molecule has 0 radical (unpaired) electrons. The summed E-state index contributed by atoms with van der Waals surface area (Å²) in [6, 6.07) is 0.316. The van der Waals surface area contributed by atoms with Crippen LogP contribution in [0.5, 0.6) is 0 Å². The molecule has 0 aromatic heterocycles. The summed E-state index contributed by atoms with van der Waals surface area (Å²) < 4.78 is 0. The first-order chi connectivity index (χ1) is 11.6. The number of amides is 1. The summed E-state index contributed by atoms with van der Waals surface area (Å²) in [5, 5.41) is 0. The molecule has 0 bridgehead atoms. The van der Waals surface area contributed by atoms with Gasteiger partial charge in [0.2, 0.25) is 5.91 Å². The summed E-state index contributed by atoms with van der Waals surface area (Å²) in [6.07, 6.45) is 15.3. The van der Waals surface area contributed by atoms with E-state index in [1.165, 1.54) is 57.8 Å². The minimum atomic E-state index is -0.107. The van der Waals surface area contributed by atoms with Crippen LogP contribution < -0.4 is 5.73 Å². The standard InChI is InChI=1S/C21H44N2O/c1-5-9-10-11-12-13-14-15-16-17-18-19(21(22)24)20(6-2)23(7-3)8-4/h19-20H,5-18H2,1-4H3,(H2,22,24). The molecule has 0 spiro atoms. The molecule has 0 fully saturated rings. The maximum absolute atomic E-state index is 11.9. The van der Waals surface area contributed by atoms with Crippen LogP contribution in [0.25, 0.3) is 0 Å². The summed E-state index contributed by atoms with van der Waals surface area (Å²) in [7, 11) is 0. The number of primary amides is 1. The topological polar surface area (TPSA) is 46.3 Å². The van der Waals surface area contributed by atoms with Crippen LogP contribution in [0.2, 0.25) is 0 Å². The normalized spacial score (nSPS) is 14.0. The van der Waals surface area contributed by atoms with E-state index in [2.05, 4.69) is 32.6 Å². The monoisotopic (exact) mass is 340 g/mol. The number of unbranched alkanes of at least 4 members (excludes halogenated alkanes) is 9. The molecule has 0 saturated carbocycles. The number of nitrogens with two attached hydrogens (primary N) is 1. The van der Waals surface area contributed by atoms with Gasteiger partial charge in [-0.1, -0.05) is 91.9 Å². The third kappa shape index (κ3) is 10.3. The Hall–Kier alpha value is -0.570. The van der Waals surface area contributed by atoms with E-state index in [1.54, 1.807) is 0 Å². The van der Waals surface area contributed by atoms with Crippen LogP contribution in [0.1, 0.15) is 105 Å². The van der Waals surface area contributed by atoms with E-state index in [0.717, 1.165) is 32.4 Å². The Morgan fingerprint density at radius 2 is 1.25 bits per heavy atom. The highest BCUT2D eigenvalue weighted by Gasteiger charge is 2.28. The van der Waals surface area contributed by atoms with Gasteiger partial charge in [0, 0.05) is 6.04 Å². The lowest BCUT2D eigenvalue weighted by atomic mass is 9.89. The maximum Gasteiger partial charge on any atom is 0.222 e. The predicted octanol–water partition coefficient (Wildman–Crippen LogP) is 5.52. The molecule has 0 aliphatic rings. The lowest BCUT2D eigenvalue weighted by Crippen LogP contribution is -2.45. The summed E-state index contributed by atoms with van der Waals surface area (Å²) >= 11 is 0. The highest BCUT2D eigenvalue weighted by Crippen LogP contribution is 2.22. The van der Waals surface area contributed by atoms with Crippen LogP contribution in [0.4, 0.5) is 0 Å². The van der Waals surface area contributed by atoms with E-state index in [9.17, 15) is 4.79 Å². The molecule has 0 aromatic carbocycles. The van der Waals surface area contributed by atoms with Crippen LogP contribution in [0.3, 0.4) is 0 Å². The van der Waals surface area contributed by atoms with E-state index in [4.69, 9.17) is 5.73 Å². The second-order valence-corrected chi connectivity index (χ2v) is 7.18. The van der Waals surface area contributed by atoms with E-state index >= 15 is 0 Å². The largest absolute Gasteiger partial charge is 0.369 e. The number of rotatable bonds is 17. The first-order valence-corrected chi connectivity index (χ1v) is 10.7. The zero-order valence-corrected chi connectivity index (χ0v) is 17.0. The minimum absolute atomic E-state index is 0.0175. The van der Waals surface area contributed by atoms with Gasteiger partial charge in [-0.05, 0) is 25.9 Å². The van der Waals surface area contributed by atoms with Crippen molar-refractivity contribution in [2.24, 2.45) is 11.7 Å². The van der Waals surface area contributed by atoms with Gasteiger partial charge in [0.25, 0.3) is 0 Å². The summed E-state index contributed by atoms with van der Waals surface area (Å²) in [5.74, 6) is -0.0892. The molecule has 0 heterocycles. The average Bonchev–Trinajstić information content (AvgIpc) is 2.58. The Kier molecular flexibility index (Phi) is 15.6. The molecule has 3 heteroatoms. The highest BCUT2D eigenvalue weighted by molar-refractivity contribution is 5.77. The van der Waals surface area contributed by atoms with Gasteiger partial charge >= 0.3 is 0 Å². The van der Waals surface area contributed by atoms with Crippen molar-refractivity contribution in [3.05, 3.63) is 0 Å². The van der Waals surface area contributed by atoms with Crippen LogP contribution >= 0.6 is 0 Å². The van der Waals surface area contributed by atoms with Gasteiger partial charge < -0.3 is 10.6 Å². The van der Waals surface area contributed by atoms with Crippen molar-refractivity contribution >= 4 is 5.91 Å². The van der Waals surface area contributed by atoms with Crippen molar-refractivity contribution in [2.45, 2.75) is 111 Å². The van der Waals surface area contributed by atoms with E-state index in [0.29, 0.717) is 6.04 Å². The molecule has 24 heavy (non-hydrogen) atoms. The van der Waals surface area contributed by atoms with E-state index < -0.39 is 0 Å².